The molecule has 0 spiro atoms. The normalized spacial score (nSPS) is 19.2. The summed E-state index contributed by atoms with van der Waals surface area (Å²) in [6, 6.07) is 6.43. The summed E-state index contributed by atoms with van der Waals surface area (Å²) < 4.78 is 6.19. The lowest BCUT2D eigenvalue weighted by atomic mass is 10.0. The first-order valence-electron chi connectivity index (χ1n) is 9.88. The van der Waals surface area contributed by atoms with Crippen LogP contribution in [0, 0.1) is 19.8 Å². The number of likely N-dealkylation sites (tertiary alicyclic amines) is 1. The minimum Gasteiger partial charge on any atom is -0.490 e. The Hall–Kier alpha value is -1.71. The lowest BCUT2D eigenvalue weighted by molar-refractivity contribution is 0.110. The first kappa shape index (κ1) is 18.1. The number of aryl methyl sites for hydroxylation is 2. The van der Waals surface area contributed by atoms with Crippen LogP contribution < -0.4 is 10.1 Å². The van der Waals surface area contributed by atoms with E-state index in [2.05, 4.69) is 37.4 Å². The Morgan fingerprint density at radius 2 is 1.88 bits per heavy atom. The summed E-state index contributed by atoms with van der Waals surface area (Å²) in [7, 11) is 0. The fraction of sp³-hybridized carbons (Fsp3) is 0.667. The number of rotatable bonds is 5. The zero-order valence-corrected chi connectivity index (χ0v) is 15.7. The van der Waals surface area contributed by atoms with Gasteiger partial charge in [-0.25, -0.2) is 4.79 Å². The molecule has 4 heteroatoms. The molecule has 1 N–H and O–H groups in total. The minimum absolute atomic E-state index is 0.100. The van der Waals surface area contributed by atoms with Crippen molar-refractivity contribution >= 4 is 6.03 Å². The average molecular weight is 344 g/mol. The Morgan fingerprint density at radius 1 is 1.16 bits per heavy atom. The van der Waals surface area contributed by atoms with E-state index in [0.717, 1.165) is 50.6 Å². The van der Waals surface area contributed by atoms with Gasteiger partial charge in [-0.3, -0.25) is 0 Å². The molecule has 1 aliphatic heterocycles. The molecule has 2 fully saturated rings. The van der Waals surface area contributed by atoms with Gasteiger partial charge >= 0.3 is 6.03 Å². The van der Waals surface area contributed by atoms with Crippen molar-refractivity contribution in [2.75, 3.05) is 19.6 Å². The van der Waals surface area contributed by atoms with Crippen LogP contribution in [-0.4, -0.2) is 36.7 Å². The highest BCUT2D eigenvalue weighted by Crippen LogP contribution is 2.27. The van der Waals surface area contributed by atoms with Crippen LogP contribution in [0.15, 0.2) is 18.2 Å². The molecule has 3 rings (SSSR count). The number of hydrogen-bond donors (Lipinski definition) is 1. The predicted octanol–water partition coefficient (Wildman–Crippen LogP) is 4.44. The number of carbonyl (C=O) groups is 1. The smallest absolute Gasteiger partial charge is 0.317 e. The van der Waals surface area contributed by atoms with E-state index in [0.29, 0.717) is 0 Å². The number of nitrogens with one attached hydrogen (secondary N) is 1. The van der Waals surface area contributed by atoms with Crippen molar-refractivity contribution in [2.45, 2.75) is 64.9 Å². The summed E-state index contributed by atoms with van der Waals surface area (Å²) in [4.78, 5) is 14.3. The third-order valence-electron chi connectivity index (χ3n) is 5.67. The van der Waals surface area contributed by atoms with Crippen molar-refractivity contribution in [3.63, 3.8) is 0 Å². The van der Waals surface area contributed by atoms with Crippen molar-refractivity contribution in [3.05, 3.63) is 29.3 Å². The second kappa shape index (κ2) is 8.59. The van der Waals surface area contributed by atoms with E-state index in [-0.39, 0.29) is 12.1 Å². The van der Waals surface area contributed by atoms with E-state index in [1.54, 1.807) is 0 Å². The summed E-state index contributed by atoms with van der Waals surface area (Å²) in [5.41, 5.74) is 2.40. The number of benzene rings is 1. The van der Waals surface area contributed by atoms with Gasteiger partial charge in [0.25, 0.3) is 0 Å². The van der Waals surface area contributed by atoms with Gasteiger partial charge in [-0.05, 0) is 43.4 Å². The van der Waals surface area contributed by atoms with Crippen LogP contribution in [0.5, 0.6) is 5.75 Å². The van der Waals surface area contributed by atoms with E-state index in [1.165, 1.54) is 36.8 Å². The van der Waals surface area contributed by atoms with Crippen LogP contribution in [0.25, 0.3) is 0 Å². The van der Waals surface area contributed by atoms with Gasteiger partial charge in [-0.2, -0.15) is 0 Å². The second-order valence-electron chi connectivity index (χ2n) is 7.74. The summed E-state index contributed by atoms with van der Waals surface area (Å²) in [5, 5.41) is 3.11. The molecule has 1 saturated carbocycles. The molecule has 0 radical (unpaired) electrons. The van der Waals surface area contributed by atoms with Gasteiger partial charge in [0.05, 0.1) is 0 Å². The van der Waals surface area contributed by atoms with Crippen LogP contribution in [0.3, 0.4) is 0 Å². The molecule has 0 unspecified atom stereocenters. The maximum Gasteiger partial charge on any atom is 0.317 e. The standard InChI is InChI=1S/C21H32N2O2/c1-16-7-8-17(2)20(15-16)25-19-10-13-23(14-11-19)21(24)22-12-9-18-5-3-4-6-18/h7-8,15,18-19H,3-6,9-14H2,1-2H3,(H,22,24). The number of nitrogens with zero attached hydrogens (tertiary/aromatic N) is 1. The molecule has 138 valence electrons. The van der Waals surface area contributed by atoms with Crippen LogP contribution >= 0.6 is 0 Å². The highest BCUT2D eigenvalue weighted by molar-refractivity contribution is 5.74. The molecule has 4 nitrogen and oxygen atoms in total. The molecular formula is C21H32N2O2. The first-order chi connectivity index (χ1) is 12.1. The molecule has 1 heterocycles. The van der Waals surface area contributed by atoms with Crippen molar-refractivity contribution < 1.29 is 9.53 Å². The Balaban J connectivity index is 1.38. The van der Waals surface area contributed by atoms with Crippen molar-refractivity contribution in [1.29, 1.82) is 0 Å². The lowest BCUT2D eigenvalue weighted by Crippen LogP contribution is -2.46. The summed E-state index contributed by atoms with van der Waals surface area (Å²) in [6.45, 7) is 6.56. The number of carbonyl (C=O) groups excluding carboxylic acids is 1. The first-order valence-corrected chi connectivity index (χ1v) is 9.88. The molecule has 0 bridgehead atoms. The number of ether oxygens (including phenoxy) is 1. The van der Waals surface area contributed by atoms with Gasteiger partial charge in [0, 0.05) is 32.5 Å². The van der Waals surface area contributed by atoms with Gasteiger partial charge in [0.2, 0.25) is 0 Å². The Morgan fingerprint density at radius 3 is 2.60 bits per heavy atom. The van der Waals surface area contributed by atoms with Gasteiger partial charge in [-0.1, -0.05) is 37.8 Å². The SMILES string of the molecule is Cc1ccc(C)c(OC2CCN(C(=O)NCCC3CCCC3)CC2)c1. The van der Waals surface area contributed by atoms with Crippen molar-refractivity contribution in [3.8, 4) is 5.75 Å². The second-order valence-corrected chi connectivity index (χ2v) is 7.74. The maximum atomic E-state index is 12.3. The predicted molar refractivity (Wildman–Crippen MR) is 101 cm³/mol. The topological polar surface area (TPSA) is 41.6 Å². The zero-order valence-electron chi connectivity index (χ0n) is 15.7. The number of hydrogen-bond acceptors (Lipinski definition) is 2. The van der Waals surface area contributed by atoms with Crippen LogP contribution in [-0.2, 0) is 0 Å². The van der Waals surface area contributed by atoms with E-state index >= 15 is 0 Å². The monoisotopic (exact) mass is 344 g/mol. The highest BCUT2D eigenvalue weighted by atomic mass is 16.5. The molecule has 1 aromatic rings. The number of piperidine rings is 1. The largest absolute Gasteiger partial charge is 0.490 e. The highest BCUT2D eigenvalue weighted by Gasteiger charge is 2.24. The Bertz CT molecular complexity index is 573. The fourth-order valence-electron chi connectivity index (χ4n) is 3.98. The quantitative estimate of drug-likeness (QED) is 0.858. The molecule has 0 aromatic heterocycles. The van der Waals surface area contributed by atoms with Gasteiger partial charge in [0.15, 0.2) is 0 Å². The number of urea groups is 1. The molecule has 2 aliphatic rings. The Labute approximate surface area is 151 Å². The van der Waals surface area contributed by atoms with Crippen LogP contribution in [0.2, 0.25) is 0 Å². The van der Waals surface area contributed by atoms with E-state index in [4.69, 9.17) is 4.74 Å². The lowest BCUT2D eigenvalue weighted by Gasteiger charge is -2.32. The van der Waals surface area contributed by atoms with Gasteiger partial charge in [-0.15, -0.1) is 0 Å². The molecule has 1 saturated heterocycles. The minimum atomic E-state index is 0.100. The van der Waals surface area contributed by atoms with Gasteiger partial charge in [0.1, 0.15) is 11.9 Å². The maximum absolute atomic E-state index is 12.3. The number of amides is 2. The average Bonchev–Trinajstić information content (AvgIpc) is 3.12. The van der Waals surface area contributed by atoms with Gasteiger partial charge < -0.3 is 15.0 Å². The molecule has 1 aromatic carbocycles. The molecule has 2 amide bonds. The molecular weight excluding hydrogens is 312 g/mol. The molecule has 0 atom stereocenters. The van der Waals surface area contributed by atoms with Crippen LogP contribution in [0.1, 0.15) is 56.1 Å². The van der Waals surface area contributed by atoms with Crippen molar-refractivity contribution in [2.24, 2.45) is 5.92 Å². The van der Waals surface area contributed by atoms with Crippen LogP contribution in [0.4, 0.5) is 4.79 Å². The Kier molecular flexibility index (Phi) is 6.22. The van der Waals surface area contributed by atoms with E-state index in [9.17, 15) is 4.79 Å². The fourth-order valence-corrected chi connectivity index (χ4v) is 3.98. The summed E-state index contributed by atoms with van der Waals surface area (Å²) >= 11 is 0. The third kappa shape index (κ3) is 5.13. The van der Waals surface area contributed by atoms with E-state index < -0.39 is 0 Å². The van der Waals surface area contributed by atoms with E-state index in [1.807, 2.05) is 4.90 Å². The summed E-state index contributed by atoms with van der Waals surface area (Å²) in [5.74, 6) is 1.82. The molecule has 1 aliphatic carbocycles. The van der Waals surface area contributed by atoms with Crippen molar-refractivity contribution in [1.82, 2.24) is 10.2 Å². The third-order valence-corrected chi connectivity index (χ3v) is 5.67. The summed E-state index contributed by atoms with van der Waals surface area (Å²) in [6.07, 6.45) is 8.58. The molecule has 25 heavy (non-hydrogen) atoms. The zero-order chi connectivity index (χ0) is 17.6.